The van der Waals surface area contributed by atoms with Crippen molar-refractivity contribution in [2.45, 2.75) is 31.4 Å². The molecule has 1 aliphatic rings. The van der Waals surface area contributed by atoms with Crippen LogP contribution in [0.5, 0.6) is 0 Å². The first-order valence-electron chi connectivity index (χ1n) is 6.80. The molecule has 1 aromatic heterocycles. The van der Waals surface area contributed by atoms with E-state index < -0.39 is 6.04 Å². The summed E-state index contributed by atoms with van der Waals surface area (Å²) in [7, 11) is 0. The lowest BCUT2D eigenvalue weighted by Gasteiger charge is -2.26. The summed E-state index contributed by atoms with van der Waals surface area (Å²) in [5.41, 5.74) is 6.53. The van der Waals surface area contributed by atoms with E-state index >= 15 is 0 Å². The van der Waals surface area contributed by atoms with Crippen molar-refractivity contribution in [3.63, 3.8) is 0 Å². The lowest BCUT2D eigenvalue weighted by molar-refractivity contribution is -0.00549. The first-order chi connectivity index (χ1) is 10.1. The maximum atomic E-state index is 6.11. The number of hydrogen-bond donors (Lipinski definition) is 1. The molecule has 2 N–H and O–H groups in total. The molecule has 1 heterocycles. The fourth-order valence-electron chi connectivity index (χ4n) is 2.04. The molecule has 112 valence electrons. The third kappa shape index (κ3) is 3.21. The van der Waals surface area contributed by atoms with E-state index in [2.05, 4.69) is 10.1 Å². The number of ether oxygens (including phenoxy) is 1. The van der Waals surface area contributed by atoms with Crippen LogP contribution in [0.2, 0.25) is 10.0 Å². The standard InChI is InChI=1S/C14H15Cl2N3O2/c15-9-5-2-6-10(16)12(9)14-18-13(19-21-14)11(17)7-20-8-3-1-4-8/h2,5-6,8,11H,1,3-4,7,17H2. The molecule has 0 spiro atoms. The van der Waals surface area contributed by atoms with Gasteiger partial charge in [-0.05, 0) is 31.4 Å². The Bertz CT molecular complexity index is 608. The highest BCUT2D eigenvalue weighted by Crippen LogP contribution is 2.33. The Kier molecular flexibility index (Phi) is 4.45. The lowest BCUT2D eigenvalue weighted by atomic mass is 9.96. The average Bonchev–Trinajstić information content (AvgIpc) is 2.86. The summed E-state index contributed by atoms with van der Waals surface area (Å²) < 4.78 is 10.9. The van der Waals surface area contributed by atoms with Gasteiger partial charge in [-0.2, -0.15) is 4.98 Å². The third-order valence-electron chi connectivity index (χ3n) is 3.51. The van der Waals surface area contributed by atoms with Crippen molar-refractivity contribution in [3.8, 4) is 11.5 Å². The molecular formula is C14H15Cl2N3O2. The van der Waals surface area contributed by atoms with Gasteiger partial charge in [-0.25, -0.2) is 0 Å². The van der Waals surface area contributed by atoms with Crippen LogP contribution in [0.1, 0.15) is 31.1 Å². The van der Waals surface area contributed by atoms with Gasteiger partial charge >= 0.3 is 0 Å². The molecule has 0 saturated heterocycles. The number of hydrogen-bond acceptors (Lipinski definition) is 5. The molecule has 1 atom stereocenters. The van der Waals surface area contributed by atoms with Crippen molar-refractivity contribution in [2.75, 3.05) is 6.61 Å². The summed E-state index contributed by atoms with van der Waals surface area (Å²) in [5, 5.41) is 4.80. The molecule has 1 unspecified atom stereocenters. The Balaban J connectivity index is 1.73. The predicted molar refractivity (Wildman–Crippen MR) is 80.3 cm³/mol. The summed E-state index contributed by atoms with van der Waals surface area (Å²) in [4.78, 5) is 4.27. The van der Waals surface area contributed by atoms with Crippen molar-refractivity contribution in [2.24, 2.45) is 5.73 Å². The molecule has 1 aliphatic carbocycles. The van der Waals surface area contributed by atoms with Crippen molar-refractivity contribution >= 4 is 23.2 Å². The van der Waals surface area contributed by atoms with Crippen LogP contribution in [-0.4, -0.2) is 22.9 Å². The molecule has 1 aromatic carbocycles. The topological polar surface area (TPSA) is 74.2 Å². The summed E-state index contributed by atoms with van der Waals surface area (Å²) in [6.07, 6.45) is 3.73. The molecule has 21 heavy (non-hydrogen) atoms. The van der Waals surface area contributed by atoms with E-state index in [9.17, 15) is 0 Å². The number of aromatic nitrogens is 2. The van der Waals surface area contributed by atoms with Crippen LogP contribution in [0, 0.1) is 0 Å². The maximum absolute atomic E-state index is 6.11. The molecule has 2 aromatic rings. The van der Waals surface area contributed by atoms with Gasteiger partial charge in [0.1, 0.15) is 0 Å². The quantitative estimate of drug-likeness (QED) is 0.907. The van der Waals surface area contributed by atoms with Gasteiger partial charge in [0.15, 0.2) is 5.82 Å². The minimum absolute atomic E-state index is 0.264. The molecule has 5 nitrogen and oxygen atoms in total. The van der Waals surface area contributed by atoms with Crippen molar-refractivity contribution in [1.82, 2.24) is 10.1 Å². The van der Waals surface area contributed by atoms with Crippen LogP contribution in [0.15, 0.2) is 22.7 Å². The Hall–Kier alpha value is -1.14. The van der Waals surface area contributed by atoms with Gasteiger partial charge in [-0.15, -0.1) is 0 Å². The van der Waals surface area contributed by atoms with Crippen molar-refractivity contribution in [3.05, 3.63) is 34.1 Å². The Morgan fingerprint density at radius 3 is 2.67 bits per heavy atom. The smallest absolute Gasteiger partial charge is 0.261 e. The maximum Gasteiger partial charge on any atom is 0.261 e. The van der Waals surface area contributed by atoms with Crippen molar-refractivity contribution < 1.29 is 9.26 Å². The fourth-order valence-corrected chi connectivity index (χ4v) is 2.60. The number of benzene rings is 1. The van der Waals surface area contributed by atoms with Crippen LogP contribution in [0.25, 0.3) is 11.5 Å². The van der Waals surface area contributed by atoms with E-state index in [1.165, 1.54) is 6.42 Å². The zero-order valence-electron chi connectivity index (χ0n) is 11.3. The molecule has 0 bridgehead atoms. The van der Waals surface area contributed by atoms with Gasteiger partial charge in [0.2, 0.25) is 0 Å². The summed E-state index contributed by atoms with van der Waals surface area (Å²) in [6.45, 7) is 0.375. The Morgan fingerprint density at radius 2 is 2.05 bits per heavy atom. The van der Waals surface area contributed by atoms with Gasteiger partial charge in [-0.3, -0.25) is 0 Å². The SMILES string of the molecule is NC(COC1CCC1)c1noc(-c2c(Cl)cccc2Cl)n1. The highest BCUT2D eigenvalue weighted by Gasteiger charge is 2.22. The Labute approximate surface area is 132 Å². The van der Waals surface area contributed by atoms with E-state index in [-0.39, 0.29) is 5.89 Å². The van der Waals surface area contributed by atoms with Crippen LogP contribution in [0.4, 0.5) is 0 Å². The van der Waals surface area contributed by atoms with Gasteiger partial charge in [0.25, 0.3) is 5.89 Å². The number of nitrogens with zero attached hydrogens (tertiary/aromatic N) is 2. The van der Waals surface area contributed by atoms with E-state index in [1.54, 1.807) is 18.2 Å². The summed E-state index contributed by atoms with van der Waals surface area (Å²) in [6, 6.07) is 4.76. The molecule has 1 fully saturated rings. The van der Waals surface area contributed by atoms with Crippen molar-refractivity contribution in [1.29, 1.82) is 0 Å². The van der Waals surface area contributed by atoms with Gasteiger partial charge in [0.05, 0.1) is 34.4 Å². The molecule has 0 radical (unpaired) electrons. The van der Waals surface area contributed by atoms with Crippen LogP contribution >= 0.6 is 23.2 Å². The van der Waals surface area contributed by atoms with E-state index in [4.69, 9.17) is 38.2 Å². The lowest BCUT2D eigenvalue weighted by Crippen LogP contribution is -2.27. The van der Waals surface area contributed by atoms with Gasteiger partial charge < -0.3 is 15.0 Å². The normalized spacial score (nSPS) is 16.7. The molecular weight excluding hydrogens is 313 g/mol. The highest BCUT2D eigenvalue weighted by molar-refractivity contribution is 6.38. The van der Waals surface area contributed by atoms with Crippen LogP contribution in [0.3, 0.4) is 0 Å². The molecule has 3 rings (SSSR count). The van der Waals surface area contributed by atoms with Gasteiger partial charge in [-0.1, -0.05) is 34.4 Å². The number of nitrogens with two attached hydrogens (primary N) is 1. The predicted octanol–water partition coefficient (Wildman–Crippen LogP) is 3.61. The zero-order chi connectivity index (χ0) is 14.8. The highest BCUT2D eigenvalue weighted by atomic mass is 35.5. The second kappa shape index (κ2) is 6.32. The molecule has 0 amide bonds. The average molecular weight is 328 g/mol. The van der Waals surface area contributed by atoms with Crippen LogP contribution < -0.4 is 5.73 Å². The van der Waals surface area contributed by atoms with Gasteiger partial charge in [0, 0.05) is 0 Å². The monoisotopic (exact) mass is 327 g/mol. The minimum Gasteiger partial charge on any atom is -0.376 e. The van der Waals surface area contributed by atoms with E-state index in [0.29, 0.717) is 34.1 Å². The minimum atomic E-state index is -0.427. The second-order valence-corrected chi connectivity index (χ2v) is 5.86. The second-order valence-electron chi connectivity index (χ2n) is 5.05. The Morgan fingerprint density at radius 1 is 1.33 bits per heavy atom. The third-order valence-corrected chi connectivity index (χ3v) is 4.14. The number of rotatable bonds is 5. The first-order valence-corrected chi connectivity index (χ1v) is 7.56. The zero-order valence-corrected chi connectivity index (χ0v) is 12.8. The number of halogens is 2. The first kappa shape index (κ1) is 14.8. The van der Waals surface area contributed by atoms with Crippen LogP contribution in [-0.2, 0) is 4.74 Å². The largest absolute Gasteiger partial charge is 0.376 e. The van der Waals surface area contributed by atoms with E-state index in [0.717, 1.165) is 12.8 Å². The fraction of sp³-hybridized carbons (Fsp3) is 0.429. The van der Waals surface area contributed by atoms with E-state index in [1.807, 2.05) is 0 Å². The molecule has 0 aliphatic heterocycles. The summed E-state index contributed by atoms with van der Waals surface area (Å²) >= 11 is 12.2. The summed E-state index contributed by atoms with van der Waals surface area (Å²) in [5.74, 6) is 0.653. The molecule has 7 heteroatoms. The molecule has 1 saturated carbocycles.